The Morgan fingerprint density at radius 2 is 1.67 bits per heavy atom. The van der Waals surface area contributed by atoms with Crippen LogP contribution < -0.4 is 0 Å². The van der Waals surface area contributed by atoms with Crippen molar-refractivity contribution in [3.8, 4) is 22.5 Å². The van der Waals surface area contributed by atoms with E-state index in [1.165, 1.54) is 37.0 Å². The molecule has 3 nitrogen and oxygen atoms in total. The monoisotopic (exact) mass is 703 g/mol. The fourth-order valence-electron chi connectivity index (χ4n) is 4.61. The Hall–Kier alpha value is -3.63. The predicted octanol–water partition coefficient (Wildman–Crippen LogP) is 9.44. The third-order valence-corrected chi connectivity index (χ3v) is 7.77. The van der Waals surface area contributed by atoms with Gasteiger partial charge in [-0.05, 0) is 62.0 Å². The molecule has 0 fully saturated rings. The van der Waals surface area contributed by atoms with E-state index in [9.17, 15) is 0 Å². The molecule has 0 aliphatic heterocycles. The van der Waals surface area contributed by atoms with Crippen molar-refractivity contribution in [3.05, 3.63) is 119 Å². The SMILES string of the molecule is Cc1c[c-]c(-c2cc(C)c(C)cn2)cc1.Cc1cc2c(ccc3oc4c(-c5ccccn5)[c-]ccc4c32)s1.[Ir]. The molecule has 7 aromatic rings. The molecule has 0 spiro atoms. The molecule has 4 aromatic heterocycles. The minimum atomic E-state index is 0. The second-order valence-electron chi connectivity index (χ2n) is 9.55. The molecule has 0 unspecified atom stereocenters. The summed E-state index contributed by atoms with van der Waals surface area (Å²) in [5.74, 6) is 0. The first-order valence-electron chi connectivity index (χ1n) is 12.6. The summed E-state index contributed by atoms with van der Waals surface area (Å²) in [5.41, 5.74) is 9.36. The number of aromatic nitrogens is 2. The maximum Gasteiger partial charge on any atom is 0.121 e. The summed E-state index contributed by atoms with van der Waals surface area (Å²) in [5, 5.41) is 3.58. The van der Waals surface area contributed by atoms with Crippen molar-refractivity contribution in [2.24, 2.45) is 0 Å². The van der Waals surface area contributed by atoms with Crippen LogP contribution in [0.4, 0.5) is 0 Å². The number of benzene rings is 3. The molecule has 0 saturated carbocycles. The molecule has 195 valence electrons. The Morgan fingerprint density at radius 3 is 2.41 bits per heavy atom. The smallest absolute Gasteiger partial charge is 0.121 e. The zero-order valence-electron chi connectivity index (χ0n) is 22.1. The summed E-state index contributed by atoms with van der Waals surface area (Å²) in [4.78, 5) is 10.2. The third-order valence-electron chi connectivity index (χ3n) is 6.75. The summed E-state index contributed by atoms with van der Waals surface area (Å²) >= 11 is 1.82. The Balaban J connectivity index is 0.000000169. The normalized spacial score (nSPS) is 10.9. The number of pyridine rings is 2. The largest absolute Gasteiger partial charge is 0.501 e. The van der Waals surface area contributed by atoms with E-state index in [1.54, 1.807) is 6.20 Å². The number of rotatable bonds is 2. The minimum Gasteiger partial charge on any atom is -0.501 e. The average Bonchev–Trinajstić information content (AvgIpc) is 3.51. The van der Waals surface area contributed by atoms with Gasteiger partial charge in [-0.3, -0.25) is 0 Å². The van der Waals surface area contributed by atoms with E-state index in [1.807, 2.05) is 47.9 Å². The molecule has 4 heterocycles. The maximum atomic E-state index is 6.19. The molecule has 7 rings (SSSR count). The molecule has 0 atom stereocenters. The molecule has 0 N–H and O–H groups in total. The van der Waals surface area contributed by atoms with Crippen LogP contribution in [0.25, 0.3) is 54.5 Å². The van der Waals surface area contributed by atoms with Gasteiger partial charge in [0.2, 0.25) is 0 Å². The number of aryl methyl sites for hydroxylation is 4. The molecule has 39 heavy (non-hydrogen) atoms. The Labute approximate surface area is 245 Å². The second-order valence-corrected chi connectivity index (χ2v) is 10.8. The van der Waals surface area contributed by atoms with Gasteiger partial charge < -0.3 is 14.4 Å². The first-order valence-corrected chi connectivity index (χ1v) is 13.4. The van der Waals surface area contributed by atoms with Crippen molar-refractivity contribution >= 4 is 43.4 Å². The van der Waals surface area contributed by atoms with Crippen LogP contribution in [0.1, 0.15) is 21.6 Å². The van der Waals surface area contributed by atoms with Crippen LogP contribution in [-0.4, -0.2) is 9.97 Å². The quantitative estimate of drug-likeness (QED) is 0.169. The predicted molar refractivity (Wildman–Crippen MR) is 159 cm³/mol. The zero-order chi connectivity index (χ0) is 26.2. The summed E-state index contributed by atoms with van der Waals surface area (Å²) in [6.45, 7) is 8.39. The van der Waals surface area contributed by atoms with Crippen LogP contribution in [0.3, 0.4) is 0 Å². The number of fused-ring (bicyclic) bond motifs is 5. The Bertz CT molecular complexity index is 1900. The average molecular weight is 703 g/mol. The molecule has 0 saturated heterocycles. The number of hydrogen-bond donors (Lipinski definition) is 0. The Morgan fingerprint density at radius 1 is 0.795 bits per heavy atom. The van der Waals surface area contributed by atoms with E-state index >= 15 is 0 Å². The maximum absolute atomic E-state index is 6.19. The van der Waals surface area contributed by atoms with Crippen molar-refractivity contribution in [2.75, 3.05) is 0 Å². The summed E-state index contributed by atoms with van der Waals surface area (Å²) in [6.07, 6.45) is 3.71. The van der Waals surface area contributed by atoms with Gasteiger partial charge in [-0.1, -0.05) is 41.6 Å². The summed E-state index contributed by atoms with van der Waals surface area (Å²) in [6, 6.07) is 31.2. The van der Waals surface area contributed by atoms with Crippen LogP contribution in [0.5, 0.6) is 0 Å². The molecule has 0 amide bonds. The molecule has 5 heteroatoms. The molecular formula is C34H26IrN2OS-2. The standard InChI is InChI=1S/C20H12NOS.C14H14N.Ir/c1-12-11-15-18(23-12)9-8-17-19(15)14-6-4-5-13(20(14)22-17)16-7-2-3-10-21-16;1-10-4-6-13(7-5-10)14-8-11(2)12(3)9-15-14;/h2-4,6-11H,1H3;4-6,8-9H,1-3H3;/q2*-1;. The van der Waals surface area contributed by atoms with Crippen LogP contribution in [0.15, 0.2) is 89.6 Å². The van der Waals surface area contributed by atoms with Crippen molar-refractivity contribution in [3.63, 3.8) is 0 Å². The van der Waals surface area contributed by atoms with Crippen LogP contribution >= 0.6 is 11.3 Å². The van der Waals surface area contributed by atoms with Gasteiger partial charge in [0.15, 0.2) is 0 Å². The van der Waals surface area contributed by atoms with E-state index in [0.717, 1.165) is 39.1 Å². The van der Waals surface area contributed by atoms with Gasteiger partial charge >= 0.3 is 0 Å². The zero-order valence-corrected chi connectivity index (χ0v) is 25.3. The first-order chi connectivity index (χ1) is 18.5. The minimum absolute atomic E-state index is 0. The van der Waals surface area contributed by atoms with Gasteiger partial charge in [-0.15, -0.1) is 64.9 Å². The van der Waals surface area contributed by atoms with E-state index in [-0.39, 0.29) is 20.1 Å². The molecule has 3 aromatic carbocycles. The topological polar surface area (TPSA) is 38.9 Å². The van der Waals surface area contributed by atoms with Crippen LogP contribution in [0, 0.1) is 39.8 Å². The number of nitrogens with zero attached hydrogens (tertiary/aromatic N) is 2. The fraction of sp³-hybridized carbons (Fsp3) is 0.118. The number of thiophene rings is 1. The van der Waals surface area contributed by atoms with Gasteiger partial charge in [0.05, 0.1) is 5.58 Å². The molecule has 0 bridgehead atoms. The van der Waals surface area contributed by atoms with E-state index in [4.69, 9.17) is 4.42 Å². The van der Waals surface area contributed by atoms with Crippen molar-refractivity contribution < 1.29 is 24.5 Å². The van der Waals surface area contributed by atoms with Gasteiger partial charge in [-0.25, -0.2) is 0 Å². The molecule has 1 radical (unpaired) electrons. The van der Waals surface area contributed by atoms with Gasteiger partial charge in [0.1, 0.15) is 5.58 Å². The van der Waals surface area contributed by atoms with E-state index in [0.29, 0.717) is 0 Å². The van der Waals surface area contributed by atoms with Crippen molar-refractivity contribution in [1.29, 1.82) is 0 Å². The fourth-order valence-corrected chi connectivity index (χ4v) is 5.54. The summed E-state index contributed by atoms with van der Waals surface area (Å²) < 4.78 is 7.48. The van der Waals surface area contributed by atoms with Crippen LogP contribution in [0.2, 0.25) is 0 Å². The van der Waals surface area contributed by atoms with E-state index < -0.39 is 0 Å². The number of furan rings is 1. The van der Waals surface area contributed by atoms with Gasteiger partial charge in [0, 0.05) is 52.8 Å². The first kappa shape index (κ1) is 27.0. The Kier molecular flexibility index (Phi) is 7.76. The number of hydrogen-bond acceptors (Lipinski definition) is 4. The molecule has 0 aliphatic rings. The summed E-state index contributed by atoms with van der Waals surface area (Å²) in [7, 11) is 0. The van der Waals surface area contributed by atoms with E-state index in [2.05, 4.69) is 92.3 Å². The molecular weight excluding hydrogens is 677 g/mol. The third kappa shape index (κ3) is 5.31. The van der Waals surface area contributed by atoms with Crippen LogP contribution in [-0.2, 0) is 20.1 Å². The molecule has 0 aliphatic carbocycles. The van der Waals surface area contributed by atoms with Crippen molar-refractivity contribution in [2.45, 2.75) is 27.7 Å². The van der Waals surface area contributed by atoms with Crippen molar-refractivity contribution in [1.82, 2.24) is 9.97 Å². The van der Waals surface area contributed by atoms with Gasteiger partial charge in [0.25, 0.3) is 0 Å². The second kappa shape index (κ2) is 11.2. The van der Waals surface area contributed by atoms with Gasteiger partial charge in [-0.2, -0.15) is 0 Å².